The lowest BCUT2D eigenvalue weighted by molar-refractivity contribution is 0.304. The van der Waals surface area contributed by atoms with Crippen molar-refractivity contribution in [1.82, 2.24) is 19.4 Å². The minimum atomic E-state index is 0.610. The standard InChI is InChI=1S/C17H20N4S/c1-20-9-3-5-13(20)11-16-19-15-7-2-8-18-17(15)21(16)12-14-6-4-10-22-14/h2,4,6-8,10,13H,3,5,9,11-12H2,1H3. The summed E-state index contributed by atoms with van der Waals surface area (Å²) in [6.45, 7) is 2.07. The van der Waals surface area contributed by atoms with Crippen molar-refractivity contribution in [2.45, 2.75) is 31.8 Å². The molecule has 1 fully saturated rings. The Kier molecular flexibility index (Phi) is 3.68. The second-order valence-corrected chi connectivity index (χ2v) is 7.05. The minimum Gasteiger partial charge on any atom is -0.307 e. The predicted molar refractivity (Wildman–Crippen MR) is 90.3 cm³/mol. The van der Waals surface area contributed by atoms with E-state index >= 15 is 0 Å². The van der Waals surface area contributed by atoms with Crippen molar-refractivity contribution in [3.8, 4) is 0 Å². The third-order valence-corrected chi connectivity index (χ3v) is 5.43. The number of hydrogen-bond acceptors (Lipinski definition) is 4. The molecule has 0 N–H and O–H groups in total. The summed E-state index contributed by atoms with van der Waals surface area (Å²) in [6.07, 6.45) is 5.44. The first-order chi connectivity index (χ1) is 10.8. The van der Waals surface area contributed by atoms with E-state index in [2.05, 4.69) is 45.1 Å². The van der Waals surface area contributed by atoms with Crippen LogP contribution in [-0.2, 0) is 13.0 Å². The highest BCUT2D eigenvalue weighted by molar-refractivity contribution is 7.09. The number of hydrogen-bond donors (Lipinski definition) is 0. The van der Waals surface area contributed by atoms with Gasteiger partial charge in [0, 0.05) is 23.5 Å². The Bertz CT molecular complexity index is 762. The van der Waals surface area contributed by atoms with Gasteiger partial charge in [-0.3, -0.25) is 0 Å². The summed E-state index contributed by atoms with van der Waals surface area (Å²) >= 11 is 1.79. The molecule has 4 nitrogen and oxygen atoms in total. The van der Waals surface area contributed by atoms with E-state index in [0.29, 0.717) is 6.04 Å². The fourth-order valence-electron chi connectivity index (χ4n) is 3.33. The molecule has 1 aliphatic heterocycles. The SMILES string of the molecule is CN1CCCC1Cc1nc2cccnc2n1Cc1cccs1. The number of thiophene rings is 1. The molecule has 4 heterocycles. The van der Waals surface area contributed by atoms with Crippen molar-refractivity contribution in [2.24, 2.45) is 0 Å². The lowest BCUT2D eigenvalue weighted by Gasteiger charge is -2.19. The highest BCUT2D eigenvalue weighted by Gasteiger charge is 2.24. The van der Waals surface area contributed by atoms with Crippen molar-refractivity contribution < 1.29 is 0 Å². The van der Waals surface area contributed by atoms with Crippen molar-refractivity contribution in [3.63, 3.8) is 0 Å². The van der Waals surface area contributed by atoms with E-state index in [1.807, 2.05) is 12.3 Å². The number of pyridine rings is 1. The molecule has 0 amide bonds. The molecule has 0 saturated carbocycles. The van der Waals surface area contributed by atoms with Crippen LogP contribution >= 0.6 is 11.3 Å². The van der Waals surface area contributed by atoms with Crippen LogP contribution in [0, 0.1) is 0 Å². The van der Waals surface area contributed by atoms with Crippen LogP contribution in [-0.4, -0.2) is 39.1 Å². The highest BCUT2D eigenvalue weighted by Crippen LogP contribution is 2.23. The summed E-state index contributed by atoms with van der Waals surface area (Å²) in [7, 11) is 2.22. The Hall–Kier alpha value is -1.72. The first-order valence-corrected chi connectivity index (χ1v) is 8.72. The minimum absolute atomic E-state index is 0.610. The third kappa shape index (κ3) is 2.55. The van der Waals surface area contributed by atoms with Crippen molar-refractivity contribution in [3.05, 3.63) is 46.5 Å². The maximum Gasteiger partial charge on any atom is 0.160 e. The van der Waals surface area contributed by atoms with Gasteiger partial charge in [-0.05, 0) is 50.0 Å². The van der Waals surface area contributed by atoms with E-state index in [-0.39, 0.29) is 0 Å². The number of nitrogens with zero attached hydrogens (tertiary/aromatic N) is 4. The van der Waals surface area contributed by atoms with Crippen LogP contribution in [0.4, 0.5) is 0 Å². The van der Waals surface area contributed by atoms with Crippen LogP contribution in [0.2, 0.25) is 0 Å². The number of rotatable bonds is 4. The van der Waals surface area contributed by atoms with E-state index in [1.165, 1.54) is 30.1 Å². The van der Waals surface area contributed by atoms with Crippen LogP contribution in [0.25, 0.3) is 11.2 Å². The van der Waals surface area contributed by atoms with Crippen LogP contribution in [0.1, 0.15) is 23.5 Å². The topological polar surface area (TPSA) is 34.0 Å². The molecule has 3 aromatic heterocycles. The largest absolute Gasteiger partial charge is 0.307 e. The van der Waals surface area contributed by atoms with Crippen LogP contribution in [0.3, 0.4) is 0 Å². The second-order valence-electron chi connectivity index (χ2n) is 6.02. The molecule has 1 saturated heterocycles. The van der Waals surface area contributed by atoms with Crippen LogP contribution in [0.5, 0.6) is 0 Å². The first-order valence-electron chi connectivity index (χ1n) is 7.84. The van der Waals surface area contributed by atoms with Gasteiger partial charge < -0.3 is 9.47 Å². The predicted octanol–water partition coefficient (Wildman–Crippen LogP) is 3.18. The van der Waals surface area contributed by atoms with Crippen LogP contribution < -0.4 is 0 Å². The summed E-state index contributed by atoms with van der Waals surface area (Å²) in [5.41, 5.74) is 2.02. The van der Waals surface area contributed by atoms with Gasteiger partial charge in [0.25, 0.3) is 0 Å². The molecular weight excluding hydrogens is 292 g/mol. The van der Waals surface area contributed by atoms with E-state index in [0.717, 1.165) is 24.1 Å². The van der Waals surface area contributed by atoms with Crippen molar-refractivity contribution in [1.29, 1.82) is 0 Å². The fraction of sp³-hybridized carbons (Fsp3) is 0.412. The summed E-state index contributed by atoms with van der Waals surface area (Å²) in [6, 6.07) is 8.94. The van der Waals surface area contributed by atoms with Gasteiger partial charge in [-0.2, -0.15) is 0 Å². The van der Waals surface area contributed by atoms with Gasteiger partial charge in [0.2, 0.25) is 0 Å². The lowest BCUT2D eigenvalue weighted by Crippen LogP contribution is -2.28. The smallest absolute Gasteiger partial charge is 0.160 e. The van der Waals surface area contributed by atoms with Gasteiger partial charge in [0.1, 0.15) is 11.3 Å². The molecule has 0 aliphatic carbocycles. The number of likely N-dealkylation sites (N-methyl/N-ethyl adjacent to an activating group) is 1. The third-order valence-electron chi connectivity index (χ3n) is 4.57. The number of likely N-dealkylation sites (tertiary alicyclic amines) is 1. The number of imidazole rings is 1. The molecule has 0 radical (unpaired) electrons. The van der Waals surface area contributed by atoms with E-state index in [9.17, 15) is 0 Å². The summed E-state index contributed by atoms with van der Waals surface area (Å²) in [5.74, 6) is 1.17. The molecule has 0 bridgehead atoms. The van der Waals surface area contributed by atoms with E-state index < -0.39 is 0 Å². The van der Waals surface area contributed by atoms with Gasteiger partial charge in [-0.15, -0.1) is 11.3 Å². The molecule has 0 aromatic carbocycles. The van der Waals surface area contributed by atoms with Gasteiger partial charge >= 0.3 is 0 Å². The zero-order valence-corrected chi connectivity index (χ0v) is 13.6. The van der Waals surface area contributed by atoms with Crippen molar-refractivity contribution >= 4 is 22.5 Å². The number of fused-ring (bicyclic) bond motifs is 1. The summed E-state index contributed by atoms with van der Waals surface area (Å²) < 4.78 is 2.30. The van der Waals surface area contributed by atoms with E-state index in [4.69, 9.17) is 4.98 Å². The van der Waals surface area contributed by atoms with E-state index in [1.54, 1.807) is 11.3 Å². The normalized spacial score (nSPS) is 19.2. The zero-order valence-electron chi connectivity index (χ0n) is 12.8. The Balaban J connectivity index is 1.72. The summed E-state index contributed by atoms with van der Waals surface area (Å²) in [5, 5.41) is 2.13. The molecule has 4 rings (SSSR count). The monoisotopic (exact) mass is 312 g/mol. The second kappa shape index (κ2) is 5.82. The quantitative estimate of drug-likeness (QED) is 0.742. The molecule has 22 heavy (non-hydrogen) atoms. The van der Waals surface area contributed by atoms with Crippen LogP contribution in [0.15, 0.2) is 35.8 Å². The van der Waals surface area contributed by atoms with Gasteiger partial charge in [-0.1, -0.05) is 6.07 Å². The maximum atomic E-state index is 4.87. The van der Waals surface area contributed by atoms with Crippen molar-refractivity contribution in [2.75, 3.05) is 13.6 Å². The molecule has 114 valence electrons. The first kappa shape index (κ1) is 13.9. The molecule has 5 heteroatoms. The fourth-order valence-corrected chi connectivity index (χ4v) is 4.03. The maximum absolute atomic E-state index is 4.87. The molecule has 0 spiro atoms. The van der Waals surface area contributed by atoms with Gasteiger partial charge in [-0.25, -0.2) is 9.97 Å². The summed E-state index contributed by atoms with van der Waals surface area (Å²) in [4.78, 5) is 13.3. The Morgan fingerprint density at radius 3 is 3.05 bits per heavy atom. The number of aromatic nitrogens is 3. The van der Waals surface area contributed by atoms with Gasteiger partial charge in [0.05, 0.1) is 6.54 Å². The molecule has 3 aromatic rings. The zero-order chi connectivity index (χ0) is 14.9. The average Bonchev–Trinajstić information content (AvgIpc) is 3.24. The molecular formula is C17H20N4S. The van der Waals surface area contributed by atoms with Gasteiger partial charge in [0.15, 0.2) is 5.65 Å². The Morgan fingerprint density at radius 1 is 1.32 bits per heavy atom. The molecule has 1 unspecified atom stereocenters. The Morgan fingerprint density at radius 2 is 2.27 bits per heavy atom. The Labute approximate surface area is 134 Å². The lowest BCUT2D eigenvalue weighted by atomic mass is 10.1. The molecule has 1 aliphatic rings. The average molecular weight is 312 g/mol. The highest BCUT2D eigenvalue weighted by atomic mass is 32.1. The molecule has 1 atom stereocenters.